The van der Waals surface area contributed by atoms with Crippen molar-refractivity contribution in [2.75, 3.05) is 0 Å². The van der Waals surface area contributed by atoms with Gasteiger partial charge in [0.15, 0.2) is 17.3 Å². The van der Waals surface area contributed by atoms with Crippen LogP contribution in [0.1, 0.15) is 38.8 Å². The van der Waals surface area contributed by atoms with Gasteiger partial charge in [-0.3, -0.25) is 4.90 Å². The topological polar surface area (TPSA) is 41.6 Å². The Morgan fingerprint density at radius 1 is 1.53 bits per heavy atom. The molecule has 1 fully saturated rings. The van der Waals surface area contributed by atoms with Gasteiger partial charge in [0.25, 0.3) is 0 Å². The maximum Gasteiger partial charge on any atom is 0.321 e. The molecule has 0 aromatic heterocycles. The van der Waals surface area contributed by atoms with Crippen LogP contribution in [0.15, 0.2) is 18.2 Å². The second-order valence-electron chi connectivity index (χ2n) is 5.61. The molecule has 0 radical (unpaired) electrons. The Labute approximate surface area is 111 Å². The van der Waals surface area contributed by atoms with Crippen LogP contribution in [-0.4, -0.2) is 22.7 Å². The minimum absolute atomic E-state index is 0.0146. The number of urea groups is 1. The number of nitrogens with one attached hydrogen (secondary N) is 1. The van der Waals surface area contributed by atoms with Crippen molar-refractivity contribution in [3.63, 3.8) is 0 Å². The molecule has 3 rings (SSSR count). The molecule has 0 saturated carbocycles. The van der Waals surface area contributed by atoms with E-state index >= 15 is 0 Å². The fraction of sp³-hybridized carbons (Fsp3) is 0.500. The number of hydrogen-bond donors (Lipinski definition) is 1. The minimum atomic E-state index is -0.795. The molecule has 102 valence electrons. The predicted octanol–water partition coefficient (Wildman–Crippen LogP) is 2.80. The Morgan fingerprint density at radius 3 is 2.95 bits per heavy atom. The summed E-state index contributed by atoms with van der Waals surface area (Å²) in [6.45, 7) is 5.69. The highest BCUT2D eigenvalue weighted by Gasteiger charge is 2.50. The molecule has 1 aromatic rings. The Bertz CT molecular complexity index is 546. The lowest BCUT2D eigenvalue weighted by atomic mass is 9.89. The third-order valence-electron chi connectivity index (χ3n) is 3.82. The first kappa shape index (κ1) is 12.3. The zero-order valence-corrected chi connectivity index (χ0v) is 11.2. The Kier molecular flexibility index (Phi) is 2.49. The van der Waals surface area contributed by atoms with Crippen molar-refractivity contribution in [1.82, 2.24) is 10.2 Å². The summed E-state index contributed by atoms with van der Waals surface area (Å²) >= 11 is 0. The van der Waals surface area contributed by atoms with Crippen LogP contribution >= 0.6 is 0 Å². The molecule has 2 unspecified atom stereocenters. The summed E-state index contributed by atoms with van der Waals surface area (Å²) in [5.41, 5.74) is -0.0784. The molecule has 1 aromatic carbocycles. The zero-order valence-electron chi connectivity index (χ0n) is 11.2. The van der Waals surface area contributed by atoms with E-state index in [1.165, 1.54) is 6.07 Å². The van der Waals surface area contributed by atoms with Crippen LogP contribution in [-0.2, 0) is 0 Å². The first-order chi connectivity index (χ1) is 8.92. The second-order valence-corrected chi connectivity index (χ2v) is 5.61. The number of benzene rings is 1. The zero-order chi connectivity index (χ0) is 13.8. The van der Waals surface area contributed by atoms with E-state index in [1.54, 1.807) is 17.0 Å². The number of carbonyl (C=O) groups excluding carboxylic acids is 1. The van der Waals surface area contributed by atoms with E-state index in [9.17, 15) is 9.18 Å². The fourth-order valence-corrected chi connectivity index (χ4v) is 3.15. The highest BCUT2D eigenvalue weighted by molar-refractivity contribution is 5.77. The number of rotatable bonds is 1. The summed E-state index contributed by atoms with van der Waals surface area (Å²) < 4.78 is 19.8. The molecule has 2 atom stereocenters. The molecule has 2 aliphatic rings. The van der Waals surface area contributed by atoms with Gasteiger partial charge in [0.1, 0.15) is 0 Å². The van der Waals surface area contributed by atoms with Crippen LogP contribution in [0.25, 0.3) is 0 Å². The van der Waals surface area contributed by atoms with E-state index in [0.29, 0.717) is 12.0 Å². The molecule has 1 saturated heterocycles. The second kappa shape index (κ2) is 3.85. The standard InChI is InChI=1S/C14H17FN2O2/c1-8(2)17-13(18)16-11-7-14(17,3)19-12-9(11)5-4-6-10(12)15/h4-6,8,11H,7H2,1-3H3,(H,16,18). The van der Waals surface area contributed by atoms with Crippen molar-refractivity contribution in [3.8, 4) is 5.75 Å². The number of carbonyl (C=O) groups is 1. The van der Waals surface area contributed by atoms with Gasteiger partial charge in [-0.2, -0.15) is 0 Å². The Balaban J connectivity index is 2.11. The lowest BCUT2D eigenvalue weighted by molar-refractivity contribution is -0.0984. The molecular formula is C14H17FN2O2. The quantitative estimate of drug-likeness (QED) is 0.847. The Morgan fingerprint density at radius 2 is 2.26 bits per heavy atom. The lowest BCUT2D eigenvalue weighted by Gasteiger charge is -2.52. The van der Waals surface area contributed by atoms with E-state index in [0.717, 1.165) is 0 Å². The van der Waals surface area contributed by atoms with Crippen LogP contribution in [0.5, 0.6) is 5.75 Å². The molecule has 2 heterocycles. The van der Waals surface area contributed by atoms with Crippen LogP contribution in [0.2, 0.25) is 0 Å². The third-order valence-corrected chi connectivity index (χ3v) is 3.82. The summed E-state index contributed by atoms with van der Waals surface area (Å²) in [5, 5.41) is 2.93. The summed E-state index contributed by atoms with van der Waals surface area (Å²) in [6.07, 6.45) is 0.618. The van der Waals surface area contributed by atoms with Gasteiger partial charge in [0.2, 0.25) is 0 Å². The van der Waals surface area contributed by atoms with Gasteiger partial charge >= 0.3 is 6.03 Å². The van der Waals surface area contributed by atoms with Crippen molar-refractivity contribution in [1.29, 1.82) is 0 Å². The molecule has 2 aliphatic heterocycles. The summed E-state index contributed by atoms with van der Waals surface area (Å²) in [5.74, 6) is -0.125. The maximum absolute atomic E-state index is 13.9. The SMILES string of the molecule is CC(C)N1C(=O)NC2CC1(C)Oc1c(F)cccc12. The molecule has 5 heteroatoms. The van der Waals surface area contributed by atoms with Crippen LogP contribution in [0.3, 0.4) is 0 Å². The monoisotopic (exact) mass is 264 g/mol. The van der Waals surface area contributed by atoms with Gasteiger partial charge in [-0.1, -0.05) is 12.1 Å². The Hall–Kier alpha value is -1.78. The predicted molar refractivity (Wildman–Crippen MR) is 68.3 cm³/mol. The van der Waals surface area contributed by atoms with E-state index in [4.69, 9.17) is 4.74 Å². The van der Waals surface area contributed by atoms with Crippen molar-refractivity contribution < 1.29 is 13.9 Å². The van der Waals surface area contributed by atoms with Gasteiger partial charge in [-0.15, -0.1) is 0 Å². The molecule has 4 nitrogen and oxygen atoms in total. The van der Waals surface area contributed by atoms with E-state index < -0.39 is 5.72 Å². The van der Waals surface area contributed by atoms with Gasteiger partial charge in [0.05, 0.1) is 6.04 Å². The smallest absolute Gasteiger partial charge is 0.321 e. The van der Waals surface area contributed by atoms with Crippen LogP contribution in [0, 0.1) is 5.82 Å². The van der Waals surface area contributed by atoms with E-state index in [1.807, 2.05) is 20.8 Å². The highest BCUT2D eigenvalue weighted by atomic mass is 19.1. The number of para-hydroxylation sites is 1. The average molecular weight is 264 g/mol. The van der Waals surface area contributed by atoms with Gasteiger partial charge < -0.3 is 10.1 Å². The van der Waals surface area contributed by atoms with Crippen LogP contribution in [0.4, 0.5) is 9.18 Å². The molecule has 19 heavy (non-hydrogen) atoms. The van der Waals surface area contributed by atoms with Crippen molar-refractivity contribution >= 4 is 6.03 Å². The minimum Gasteiger partial charge on any atom is -0.465 e. The fourth-order valence-electron chi connectivity index (χ4n) is 3.15. The largest absolute Gasteiger partial charge is 0.465 e. The van der Waals surface area contributed by atoms with Crippen molar-refractivity contribution in [2.45, 2.75) is 45.0 Å². The number of ether oxygens (including phenoxy) is 1. The molecule has 1 N–H and O–H groups in total. The molecule has 2 bridgehead atoms. The molecule has 0 aliphatic carbocycles. The van der Waals surface area contributed by atoms with Crippen molar-refractivity contribution in [3.05, 3.63) is 29.6 Å². The number of hydrogen-bond acceptors (Lipinski definition) is 2. The first-order valence-corrected chi connectivity index (χ1v) is 6.49. The average Bonchev–Trinajstić information content (AvgIpc) is 2.29. The highest BCUT2D eigenvalue weighted by Crippen LogP contribution is 2.45. The van der Waals surface area contributed by atoms with Crippen molar-refractivity contribution in [2.24, 2.45) is 0 Å². The normalized spacial score (nSPS) is 28.8. The third kappa shape index (κ3) is 1.68. The number of halogens is 1. The number of nitrogens with zero attached hydrogens (tertiary/aromatic N) is 1. The lowest BCUT2D eigenvalue weighted by Crippen LogP contribution is -2.66. The number of amides is 2. The first-order valence-electron chi connectivity index (χ1n) is 6.49. The van der Waals surface area contributed by atoms with E-state index in [-0.39, 0.29) is 29.7 Å². The molecule has 0 spiro atoms. The summed E-state index contributed by atoms with van der Waals surface area (Å²) in [4.78, 5) is 13.8. The van der Waals surface area contributed by atoms with Gasteiger partial charge in [0, 0.05) is 18.0 Å². The van der Waals surface area contributed by atoms with Gasteiger partial charge in [-0.25, -0.2) is 9.18 Å². The maximum atomic E-state index is 13.9. The molecule has 2 amide bonds. The van der Waals surface area contributed by atoms with E-state index in [2.05, 4.69) is 5.32 Å². The summed E-state index contributed by atoms with van der Waals surface area (Å²) in [6, 6.07) is 4.45. The summed E-state index contributed by atoms with van der Waals surface area (Å²) in [7, 11) is 0. The molecular weight excluding hydrogens is 247 g/mol. The number of fused-ring (bicyclic) bond motifs is 4. The van der Waals surface area contributed by atoms with Crippen LogP contribution < -0.4 is 10.1 Å². The van der Waals surface area contributed by atoms with Gasteiger partial charge in [-0.05, 0) is 26.8 Å².